The van der Waals surface area contributed by atoms with Gasteiger partial charge in [0.15, 0.2) is 5.82 Å². The standard InChI is InChI=1S/C23H26N6O3/c1-2-21(30)24-19-13-15-29(23(32)26-19)14-7-6-10-18-11-12-20(28-27-18)25-22(31)16-17-8-4-3-5-9-17/h3-5,8-9,11-13,15H,2,6-7,10,14,16H2,1H3,(H,25,28,31)(H,24,26,30,32). The fraction of sp³-hybridized carbons (Fsp3) is 0.304. The van der Waals surface area contributed by atoms with E-state index in [1.807, 2.05) is 36.4 Å². The maximum Gasteiger partial charge on any atom is 0.349 e. The molecule has 0 saturated carbocycles. The fourth-order valence-corrected chi connectivity index (χ4v) is 3.02. The summed E-state index contributed by atoms with van der Waals surface area (Å²) in [4.78, 5) is 39.4. The Kier molecular flexibility index (Phi) is 8.19. The summed E-state index contributed by atoms with van der Waals surface area (Å²) < 4.78 is 1.51. The molecule has 3 aromatic rings. The molecule has 0 bridgehead atoms. The van der Waals surface area contributed by atoms with Crippen LogP contribution in [0.5, 0.6) is 0 Å². The Hall–Kier alpha value is -3.88. The number of benzene rings is 1. The number of anilines is 2. The van der Waals surface area contributed by atoms with Gasteiger partial charge in [-0.3, -0.25) is 14.2 Å². The third-order valence-corrected chi connectivity index (χ3v) is 4.74. The molecule has 0 fully saturated rings. The van der Waals surface area contributed by atoms with Crippen LogP contribution >= 0.6 is 0 Å². The van der Waals surface area contributed by atoms with Gasteiger partial charge in [0.2, 0.25) is 11.8 Å². The van der Waals surface area contributed by atoms with Gasteiger partial charge in [0.25, 0.3) is 0 Å². The number of carbonyl (C=O) groups is 2. The summed E-state index contributed by atoms with van der Waals surface area (Å²) in [6.45, 7) is 2.26. The fourth-order valence-electron chi connectivity index (χ4n) is 3.02. The SMILES string of the molecule is CCC(=O)Nc1ccn(CCCCc2ccc(NC(=O)Cc3ccccc3)nn2)c(=O)n1. The van der Waals surface area contributed by atoms with E-state index in [1.54, 1.807) is 25.3 Å². The van der Waals surface area contributed by atoms with Crippen molar-refractivity contribution in [1.29, 1.82) is 0 Å². The molecule has 2 aromatic heterocycles. The zero-order valence-corrected chi connectivity index (χ0v) is 18.0. The van der Waals surface area contributed by atoms with Crippen molar-refractivity contribution < 1.29 is 9.59 Å². The smallest absolute Gasteiger partial charge is 0.310 e. The van der Waals surface area contributed by atoms with Gasteiger partial charge < -0.3 is 10.6 Å². The maximum atomic E-state index is 12.1. The van der Waals surface area contributed by atoms with E-state index in [0.29, 0.717) is 25.2 Å². The first kappa shape index (κ1) is 22.8. The Balaban J connectivity index is 1.41. The second-order valence-electron chi connectivity index (χ2n) is 7.27. The molecule has 0 saturated heterocycles. The van der Waals surface area contributed by atoms with Crippen LogP contribution in [0.25, 0.3) is 0 Å². The quantitative estimate of drug-likeness (QED) is 0.474. The summed E-state index contributed by atoms with van der Waals surface area (Å²) in [6.07, 6.45) is 4.53. The van der Waals surface area contributed by atoms with Crippen molar-refractivity contribution in [3.8, 4) is 0 Å². The van der Waals surface area contributed by atoms with Crippen molar-refractivity contribution in [1.82, 2.24) is 19.7 Å². The third-order valence-electron chi connectivity index (χ3n) is 4.74. The summed E-state index contributed by atoms with van der Waals surface area (Å²) in [6, 6.07) is 14.7. The average Bonchev–Trinajstić information content (AvgIpc) is 2.79. The molecule has 0 spiro atoms. The first-order chi connectivity index (χ1) is 15.5. The Morgan fingerprint density at radius 2 is 1.69 bits per heavy atom. The first-order valence-electron chi connectivity index (χ1n) is 10.6. The zero-order valence-electron chi connectivity index (χ0n) is 18.0. The van der Waals surface area contributed by atoms with E-state index in [4.69, 9.17) is 0 Å². The van der Waals surface area contributed by atoms with Gasteiger partial charge in [0.05, 0.1) is 12.1 Å². The van der Waals surface area contributed by atoms with Crippen LogP contribution in [-0.4, -0.2) is 31.6 Å². The molecule has 3 rings (SSSR count). The lowest BCUT2D eigenvalue weighted by Crippen LogP contribution is -2.24. The number of aryl methyl sites for hydroxylation is 2. The molecule has 1 aromatic carbocycles. The molecule has 0 aliphatic carbocycles. The van der Waals surface area contributed by atoms with Crippen molar-refractivity contribution in [3.05, 3.63) is 76.5 Å². The Morgan fingerprint density at radius 3 is 2.38 bits per heavy atom. The van der Waals surface area contributed by atoms with Crippen molar-refractivity contribution in [2.75, 3.05) is 10.6 Å². The lowest BCUT2D eigenvalue weighted by Gasteiger charge is -2.07. The molecule has 2 N–H and O–H groups in total. The van der Waals surface area contributed by atoms with Crippen LogP contribution in [0.4, 0.5) is 11.6 Å². The second-order valence-corrected chi connectivity index (χ2v) is 7.27. The van der Waals surface area contributed by atoms with E-state index in [1.165, 1.54) is 4.57 Å². The number of nitrogens with one attached hydrogen (secondary N) is 2. The summed E-state index contributed by atoms with van der Waals surface area (Å²) >= 11 is 0. The predicted octanol–water partition coefficient (Wildman–Crippen LogP) is 2.59. The number of unbranched alkanes of at least 4 members (excludes halogenated alkanes) is 1. The molecule has 166 valence electrons. The maximum absolute atomic E-state index is 12.1. The van der Waals surface area contributed by atoms with Gasteiger partial charge in [0.1, 0.15) is 5.82 Å². The van der Waals surface area contributed by atoms with Crippen LogP contribution in [-0.2, 0) is 29.0 Å². The molecular formula is C23H26N6O3. The molecule has 0 aliphatic rings. The molecule has 0 radical (unpaired) electrons. The molecule has 2 heterocycles. The molecule has 9 heteroatoms. The minimum Gasteiger partial charge on any atom is -0.310 e. The van der Waals surface area contributed by atoms with Crippen LogP contribution in [0.3, 0.4) is 0 Å². The summed E-state index contributed by atoms with van der Waals surface area (Å²) in [7, 11) is 0. The monoisotopic (exact) mass is 434 g/mol. The van der Waals surface area contributed by atoms with E-state index in [9.17, 15) is 14.4 Å². The lowest BCUT2D eigenvalue weighted by atomic mass is 10.1. The summed E-state index contributed by atoms with van der Waals surface area (Å²) in [5, 5.41) is 13.6. The normalized spacial score (nSPS) is 10.5. The number of amides is 2. The Bertz CT molecular complexity index is 1100. The van der Waals surface area contributed by atoms with Crippen LogP contribution in [0.1, 0.15) is 37.4 Å². The highest BCUT2D eigenvalue weighted by atomic mass is 16.2. The Labute approximate surface area is 185 Å². The van der Waals surface area contributed by atoms with Gasteiger partial charge in [-0.1, -0.05) is 37.3 Å². The van der Waals surface area contributed by atoms with Gasteiger partial charge in [-0.25, -0.2) is 4.79 Å². The molecule has 0 aliphatic heterocycles. The molecule has 2 amide bonds. The summed E-state index contributed by atoms with van der Waals surface area (Å²) in [5.74, 6) is 0.363. The van der Waals surface area contributed by atoms with Crippen molar-refractivity contribution in [3.63, 3.8) is 0 Å². The van der Waals surface area contributed by atoms with E-state index < -0.39 is 5.69 Å². The van der Waals surface area contributed by atoms with Crippen molar-refractivity contribution in [2.45, 2.75) is 45.6 Å². The Morgan fingerprint density at radius 1 is 0.906 bits per heavy atom. The number of rotatable bonds is 10. The largest absolute Gasteiger partial charge is 0.349 e. The zero-order chi connectivity index (χ0) is 22.8. The minimum absolute atomic E-state index is 0.141. The van der Waals surface area contributed by atoms with Crippen LogP contribution in [0.2, 0.25) is 0 Å². The van der Waals surface area contributed by atoms with Gasteiger partial charge in [-0.05, 0) is 43.0 Å². The molecule has 0 unspecified atom stereocenters. The van der Waals surface area contributed by atoms with Gasteiger partial charge in [-0.15, -0.1) is 5.10 Å². The molecule has 0 atom stereocenters. The molecule has 9 nitrogen and oxygen atoms in total. The summed E-state index contributed by atoms with van der Waals surface area (Å²) in [5.41, 5.74) is 1.35. The number of nitrogens with zero attached hydrogens (tertiary/aromatic N) is 4. The third kappa shape index (κ3) is 7.12. The van der Waals surface area contributed by atoms with Crippen molar-refractivity contribution in [2.24, 2.45) is 0 Å². The highest BCUT2D eigenvalue weighted by Crippen LogP contribution is 2.08. The predicted molar refractivity (Wildman–Crippen MR) is 121 cm³/mol. The molecular weight excluding hydrogens is 408 g/mol. The van der Waals surface area contributed by atoms with Gasteiger partial charge in [0, 0.05) is 19.2 Å². The van der Waals surface area contributed by atoms with Gasteiger partial charge in [-0.2, -0.15) is 10.1 Å². The first-order valence-corrected chi connectivity index (χ1v) is 10.6. The van der Waals surface area contributed by atoms with Crippen LogP contribution in [0, 0.1) is 0 Å². The second kappa shape index (κ2) is 11.5. The number of carbonyl (C=O) groups excluding carboxylic acids is 2. The van der Waals surface area contributed by atoms with E-state index in [2.05, 4.69) is 25.8 Å². The lowest BCUT2D eigenvalue weighted by molar-refractivity contribution is -0.116. The highest BCUT2D eigenvalue weighted by molar-refractivity contribution is 5.91. The number of hydrogen-bond acceptors (Lipinski definition) is 6. The van der Waals surface area contributed by atoms with Crippen molar-refractivity contribution >= 4 is 23.5 Å². The topological polar surface area (TPSA) is 119 Å². The number of aromatic nitrogens is 4. The van der Waals surface area contributed by atoms with E-state index >= 15 is 0 Å². The van der Waals surface area contributed by atoms with E-state index in [-0.39, 0.29) is 24.1 Å². The van der Waals surface area contributed by atoms with Gasteiger partial charge >= 0.3 is 5.69 Å². The van der Waals surface area contributed by atoms with Crippen LogP contribution in [0.15, 0.2) is 59.5 Å². The number of hydrogen-bond donors (Lipinski definition) is 2. The average molecular weight is 435 g/mol. The van der Waals surface area contributed by atoms with E-state index in [0.717, 1.165) is 24.1 Å². The highest BCUT2D eigenvalue weighted by Gasteiger charge is 2.06. The minimum atomic E-state index is -0.394. The van der Waals surface area contributed by atoms with Crippen LogP contribution < -0.4 is 16.3 Å². The molecule has 32 heavy (non-hydrogen) atoms.